The number of aliphatic hydroxyl groups excluding tert-OH is 2. The third-order valence-electron chi connectivity index (χ3n) is 5.93. The van der Waals surface area contributed by atoms with Crippen molar-refractivity contribution in [2.45, 2.75) is 62.9 Å². The van der Waals surface area contributed by atoms with Gasteiger partial charge in [-0.2, -0.15) is 0 Å². The third kappa shape index (κ3) is 4.55. The van der Waals surface area contributed by atoms with Gasteiger partial charge < -0.3 is 19.7 Å². The number of hydrogen-bond donors (Lipinski definition) is 2. The van der Waals surface area contributed by atoms with Crippen LogP contribution in [0, 0.1) is 0 Å². The molecular formula is C24H26O6. The maximum Gasteiger partial charge on any atom is 0.338 e. The van der Waals surface area contributed by atoms with Gasteiger partial charge in [-0.15, -0.1) is 0 Å². The van der Waals surface area contributed by atoms with Crippen molar-refractivity contribution in [2.75, 3.05) is 0 Å². The maximum absolute atomic E-state index is 12.3. The first-order valence-electron chi connectivity index (χ1n) is 10.5. The van der Waals surface area contributed by atoms with E-state index in [0.717, 1.165) is 24.0 Å². The predicted molar refractivity (Wildman–Crippen MR) is 110 cm³/mol. The van der Waals surface area contributed by atoms with Crippen LogP contribution in [0.4, 0.5) is 0 Å². The van der Waals surface area contributed by atoms with Crippen LogP contribution in [-0.2, 0) is 9.47 Å². The fourth-order valence-corrected chi connectivity index (χ4v) is 4.10. The molecule has 4 unspecified atom stereocenters. The Kier molecular flexibility index (Phi) is 6.16. The van der Waals surface area contributed by atoms with Crippen LogP contribution in [0.2, 0.25) is 0 Å². The summed E-state index contributed by atoms with van der Waals surface area (Å²) < 4.78 is 10.8. The van der Waals surface area contributed by atoms with Crippen molar-refractivity contribution in [1.82, 2.24) is 0 Å². The number of ether oxygens (including phenoxy) is 2. The summed E-state index contributed by atoms with van der Waals surface area (Å²) in [4.78, 5) is 24.6. The molecule has 4 rings (SSSR count). The molecule has 0 aromatic heterocycles. The van der Waals surface area contributed by atoms with Gasteiger partial charge in [-0.3, -0.25) is 0 Å². The van der Waals surface area contributed by atoms with E-state index in [-0.39, 0.29) is 0 Å². The molecule has 2 aromatic carbocycles. The zero-order valence-corrected chi connectivity index (χ0v) is 16.7. The van der Waals surface area contributed by atoms with Gasteiger partial charge >= 0.3 is 11.9 Å². The molecule has 2 aliphatic carbocycles. The highest BCUT2D eigenvalue weighted by Crippen LogP contribution is 2.26. The minimum atomic E-state index is -0.574. The Morgan fingerprint density at radius 3 is 1.30 bits per heavy atom. The number of hydrogen-bond acceptors (Lipinski definition) is 6. The van der Waals surface area contributed by atoms with E-state index in [4.69, 9.17) is 9.47 Å². The Morgan fingerprint density at radius 1 is 0.633 bits per heavy atom. The first-order chi connectivity index (χ1) is 14.5. The number of carbonyl (C=O) groups is 2. The first kappa shape index (κ1) is 20.6. The summed E-state index contributed by atoms with van der Waals surface area (Å²) in [6.45, 7) is 0. The lowest BCUT2D eigenvalue weighted by Crippen LogP contribution is -2.25. The maximum atomic E-state index is 12.3. The molecule has 0 heterocycles. The summed E-state index contributed by atoms with van der Waals surface area (Å²) in [5, 5.41) is 19.6. The zero-order valence-electron chi connectivity index (χ0n) is 16.7. The number of aliphatic hydroxyl groups is 2. The molecule has 0 aliphatic heterocycles. The van der Waals surface area contributed by atoms with Gasteiger partial charge in [-0.1, -0.05) is 24.3 Å². The van der Waals surface area contributed by atoms with E-state index in [1.54, 1.807) is 24.3 Å². The van der Waals surface area contributed by atoms with Crippen molar-refractivity contribution in [3.63, 3.8) is 0 Å². The Labute approximate surface area is 175 Å². The highest BCUT2D eigenvalue weighted by molar-refractivity contribution is 5.91. The molecule has 6 nitrogen and oxygen atoms in total. The van der Waals surface area contributed by atoms with Gasteiger partial charge in [0.05, 0.1) is 23.3 Å². The molecule has 2 saturated carbocycles. The second kappa shape index (κ2) is 8.98. The van der Waals surface area contributed by atoms with Gasteiger partial charge in [0.25, 0.3) is 0 Å². The van der Waals surface area contributed by atoms with E-state index in [9.17, 15) is 19.8 Å². The molecule has 2 aromatic rings. The lowest BCUT2D eigenvalue weighted by atomic mass is 10.0. The Morgan fingerprint density at radius 2 is 1.00 bits per heavy atom. The van der Waals surface area contributed by atoms with Gasteiger partial charge in [0, 0.05) is 0 Å². The zero-order chi connectivity index (χ0) is 21.1. The smallest absolute Gasteiger partial charge is 0.338 e. The monoisotopic (exact) mass is 410 g/mol. The van der Waals surface area contributed by atoms with Crippen molar-refractivity contribution >= 4 is 11.9 Å². The first-order valence-corrected chi connectivity index (χ1v) is 10.5. The number of rotatable bonds is 5. The highest BCUT2D eigenvalue weighted by Gasteiger charge is 2.30. The minimum absolute atomic E-state index is 0.421. The summed E-state index contributed by atoms with van der Waals surface area (Å²) in [5.41, 5.74) is 2.68. The van der Waals surface area contributed by atoms with Crippen molar-refractivity contribution in [3.8, 4) is 11.1 Å². The van der Waals surface area contributed by atoms with E-state index >= 15 is 0 Å². The second-order valence-corrected chi connectivity index (χ2v) is 8.04. The molecule has 0 radical (unpaired) electrons. The summed E-state index contributed by atoms with van der Waals surface area (Å²) >= 11 is 0. The SMILES string of the molecule is O=C(OC1CCCC1O)c1ccc(-c2ccc(C(=O)OC3CCCC3O)cc2)cc1. The predicted octanol–water partition coefficient (Wildman–Crippen LogP) is 3.49. The summed E-state index contributed by atoms with van der Waals surface area (Å²) in [5.74, 6) is -0.862. The van der Waals surface area contributed by atoms with Gasteiger partial charge in [-0.05, 0) is 73.9 Å². The lowest BCUT2D eigenvalue weighted by Gasteiger charge is -2.16. The van der Waals surface area contributed by atoms with Gasteiger partial charge in [0.15, 0.2) is 0 Å². The molecule has 2 aliphatic rings. The molecule has 4 atom stereocenters. The lowest BCUT2D eigenvalue weighted by molar-refractivity contribution is -0.00515. The fraction of sp³-hybridized carbons (Fsp3) is 0.417. The Balaban J connectivity index is 1.38. The largest absolute Gasteiger partial charge is 0.456 e. The van der Waals surface area contributed by atoms with Crippen LogP contribution in [0.5, 0.6) is 0 Å². The summed E-state index contributed by atoms with van der Waals surface area (Å²) in [6, 6.07) is 14.1. The quantitative estimate of drug-likeness (QED) is 0.733. The van der Waals surface area contributed by atoms with Crippen molar-refractivity contribution in [2.24, 2.45) is 0 Å². The fourth-order valence-electron chi connectivity index (χ4n) is 4.10. The highest BCUT2D eigenvalue weighted by atomic mass is 16.6. The second-order valence-electron chi connectivity index (χ2n) is 8.04. The molecule has 30 heavy (non-hydrogen) atoms. The Bertz CT molecular complexity index is 813. The van der Waals surface area contributed by atoms with Crippen LogP contribution >= 0.6 is 0 Å². The summed E-state index contributed by atoms with van der Waals surface area (Å²) in [6.07, 6.45) is 2.46. The topological polar surface area (TPSA) is 93.1 Å². The van der Waals surface area contributed by atoms with E-state index in [0.29, 0.717) is 36.8 Å². The van der Waals surface area contributed by atoms with Crippen LogP contribution in [0.1, 0.15) is 59.2 Å². The van der Waals surface area contributed by atoms with Crippen LogP contribution < -0.4 is 0 Å². The average Bonchev–Trinajstić information content (AvgIpc) is 3.36. The van der Waals surface area contributed by atoms with Crippen LogP contribution in [0.25, 0.3) is 11.1 Å². The molecule has 2 N–H and O–H groups in total. The minimum Gasteiger partial charge on any atom is -0.456 e. The molecule has 0 bridgehead atoms. The standard InChI is InChI=1S/C24H26O6/c25-19-3-1-5-21(19)29-23(27)17-11-7-15(8-12-17)16-9-13-18(14-10-16)24(28)30-22-6-2-4-20(22)26/h7-14,19-22,25-26H,1-6H2. The van der Waals surface area contributed by atoms with E-state index in [1.165, 1.54) is 0 Å². The van der Waals surface area contributed by atoms with Gasteiger partial charge in [0.2, 0.25) is 0 Å². The van der Waals surface area contributed by atoms with Gasteiger partial charge in [-0.25, -0.2) is 9.59 Å². The molecule has 158 valence electrons. The molecule has 2 fully saturated rings. The molecule has 0 saturated heterocycles. The molecule has 0 amide bonds. The van der Waals surface area contributed by atoms with E-state index in [2.05, 4.69) is 0 Å². The normalized spacial score (nSPS) is 25.8. The Hall–Kier alpha value is -2.70. The average molecular weight is 410 g/mol. The van der Waals surface area contributed by atoms with Crippen LogP contribution in [0.3, 0.4) is 0 Å². The van der Waals surface area contributed by atoms with E-state index in [1.807, 2.05) is 24.3 Å². The van der Waals surface area contributed by atoms with Gasteiger partial charge in [0.1, 0.15) is 12.2 Å². The van der Waals surface area contributed by atoms with Crippen LogP contribution in [-0.4, -0.2) is 46.6 Å². The van der Waals surface area contributed by atoms with Crippen molar-refractivity contribution in [3.05, 3.63) is 59.7 Å². The van der Waals surface area contributed by atoms with E-state index < -0.39 is 36.4 Å². The van der Waals surface area contributed by atoms with Crippen LogP contribution in [0.15, 0.2) is 48.5 Å². The third-order valence-corrected chi connectivity index (χ3v) is 5.93. The van der Waals surface area contributed by atoms with Crippen molar-refractivity contribution < 1.29 is 29.3 Å². The summed E-state index contributed by atoms with van der Waals surface area (Å²) in [7, 11) is 0. The molecule has 0 spiro atoms. The number of benzene rings is 2. The molecule has 6 heteroatoms. The number of carbonyl (C=O) groups excluding carboxylic acids is 2. The number of esters is 2. The van der Waals surface area contributed by atoms with Crippen molar-refractivity contribution in [1.29, 1.82) is 0 Å². The molecular weight excluding hydrogens is 384 g/mol.